The summed E-state index contributed by atoms with van der Waals surface area (Å²) in [4.78, 5) is 37.0. The number of aryl methyl sites for hydroxylation is 2. The number of hydrogen-bond acceptors (Lipinski definition) is 3. The number of piperidine rings is 1. The monoisotopic (exact) mass is 317 g/mol. The van der Waals surface area contributed by atoms with Crippen molar-refractivity contribution in [2.75, 3.05) is 19.6 Å². The van der Waals surface area contributed by atoms with Gasteiger partial charge in [-0.1, -0.05) is 6.07 Å². The number of nitrogens with two attached hydrogens (primary N) is 1. The maximum Gasteiger partial charge on any atom is 0.251 e. The molecule has 1 saturated heterocycles. The van der Waals surface area contributed by atoms with Crippen LogP contribution in [0, 0.1) is 19.8 Å². The molecule has 0 saturated carbocycles. The Morgan fingerprint density at radius 3 is 2.39 bits per heavy atom. The molecule has 1 heterocycles. The number of nitrogens with one attached hydrogen (secondary N) is 1. The third kappa shape index (κ3) is 4.31. The Bertz CT molecular complexity index is 620. The van der Waals surface area contributed by atoms with Gasteiger partial charge in [-0.05, 0) is 49.9 Å². The van der Waals surface area contributed by atoms with Crippen LogP contribution in [0.5, 0.6) is 0 Å². The highest BCUT2D eigenvalue weighted by Gasteiger charge is 2.25. The molecule has 0 aromatic heterocycles. The maximum absolute atomic E-state index is 12.1. The first-order chi connectivity index (χ1) is 10.9. The topological polar surface area (TPSA) is 92.5 Å². The molecule has 0 bridgehead atoms. The minimum absolute atomic E-state index is 0.0347. The second kappa shape index (κ2) is 7.26. The van der Waals surface area contributed by atoms with Crippen LogP contribution in [0.15, 0.2) is 18.2 Å². The summed E-state index contributed by atoms with van der Waals surface area (Å²) in [6, 6.07) is 5.45. The average molecular weight is 317 g/mol. The number of rotatable bonds is 4. The lowest BCUT2D eigenvalue weighted by Gasteiger charge is -2.30. The number of amides is 3. The molecule has 1 aliphatic rings. The van der Waals surface area contributed by atoms with Crippen molar-refractivity contribution >= 4 is 17.7 Å². The van der Waals surface area contributed by atoms with Crippen LogP contribution in [0.25, 0.3) is 0 Å². The van der Waals surface area contributed by atoms with E-state index in [1.807, 2.05) is 26.0 Å². The minimum atomic E-state index is -0.305. The van der Waals surface area contributed by atoms with Gasteiger partial charge in [0.15, 0.2) is 0 Å². The maximum atomic E-state index is 12.1. The van der Waals surface area contributed by atoms with E-state index in [0.717, 1.165) is 11.1 Å². The van der Waals surface area contributed by atoms with Crippen molar-refractivity contribution in [3.8, 4) is 0 Å². The van der Waals surface area contributed by atoms with Crippen molar-refractivity contribution in [3.63, 3.8) is 0 Å². The Morgan fingerprint density at radius 2 is 1.83 bits per heavy atom. The minimum Gasteiger partial charge on any atom is -0.369 e. The van der Waals surface area contributed by atoms with E-state index in [4.69, 9.17) is 5.73 Å². The fourth-order valence-corrected chi connectivity index (χ4v) is 2.67. The van der Waals surface area contributed by atoms with E-state index in [9.17, 15) is 14.4 Å². The number of nitrogens with zero attached hydrogens (tertiary/aromatic N) is 1. The zero-order valence-electron chi connectivity index (χ0n) is 13.6. The van der Waals surface area contributed by atoms with Gasteiger partial charge in [0.2, 0.25) is 11.8 Å². The molecule has 2 rings (SSSR count). The lowest BCUT2D eigenvalue weighted by molar-refractivity contribution is -0.133. The number of primary amides is 1. The van der Waals surface area contributed by atoms with E-state index in [2.05, 4.69) is 5.32 Å². The first-order valence-electron chi connectivity index (χ1n) is 7.81. The van der Waals surface area contributed by atoms with Crippen molar-refractivity contribution in [2.45, 2.75) is 26.7 Å². The summed E-state index contributed by atoms with van der Waals surface area (Å²) in [7, 11) is 0. The van der Waals surface area contributed by atoms with E-state index < -0.39 is 0 Å². The smallest absolute Gasteiger partial charge is 0.251 e. The number of benzene rings is 1. The van der Waals surface area contributed by atoms with Gasteiger partial charge in [-0.25, -0.2) is 0 Å². The molecule has 1 aromatic rings. The molecule has 0 aliphatic carbocycles. The van der Waals surface area contributed by atoms with Crippen LogP contribution in [-0.4, -0.2) is 42.3 Å². The van der Waals surface area contributed by atoms with E-state index in [0.29, 0.717) is 31.5 Å². The van der Waals surface area contributed by atoms with E-state index in [-0.39, 0.29) is 30.2 Å². The normalized spacial score (nSPS) is 15.3. The molecule has 124 valence electrons. The lowest BCUT2D eigenvalue weighted by atomic mass is 9.96. The Kier molecular flexibility index (Phi) is 5.36. The molecule has 1 aliphatic heterocycles. The standard InChI is InChI=1S/C17H23N3O3/c1-11-3-4-14(9-12(11)2)17(23)19-10-15(21)20-7-5-13(6-8-20)16(18)22/h3-4,9,13H,5-8,10H2,1-2H3,(H2,18,22)(H,19,23). The summed E-state index contributed by atoms with van der Waals surface area (Å²) in [5.41, 5.74) is 7.98. The molecule has 1 fully saturated rings. The molecule has 0 radical (unpaired) electrons. The molecule has 0 spiro atoms. The molecule has 23 heavy (non-hydrogen) atoms. The van der Waals surface area contributed by atoms with Crippen molar-refractivity contribution < 1.29 is 14.4 Å². The van der Waals surface area contributed by atoms with Crippen LogP contribution in [-0.2, 0) is 9.59 Å². The van der Waals surface area contributed by atoms with Gasteiger partial charge in [-0.3, -0.25) is 14.4 Å². The van der Waals surface area contributed by atoms with Crippen LogP contribution in [0.3, 0.4) is 0 Å². The molecule has 6 nitrogen and oxygen atoms in total. The Balaban J connectivity index is 1.83. The quantitative estimate of drug-likeness (QED) is 0.858. The van der Waals surface area contributed by atoms with Gasteiger partial charge in [0.25, 0.3) is 5.91 Å². The summed E-state index contributed by atoms with van der Waals surface area (Å²) < 4.78 is 0. The third-order valence-electron chi connectivity index (χ3n) is 4.42. The van der Waals surface area contributed by atoms with Crippen LogP contribution in [0.1, 0.15) is 34.3 Å². The van der Waals surface area contributed by atoms with Gasteiger partial charge < -0.3 is 16.0 Å². The highest BCUT2D eigenvalue weighted by atomic mass is 16.2. The van der Waals surface area contributed by atoms with Crippen LogP contribution < -0.4 is 11.1 Å². The van der Waals surface area contributed by atoms with Crippen molar-refractivity contribution in [1.82, 2.24) is 10.2 Å². The van der Waals surface area contributed by atoms with Crippen LogP contribution in [0.4, 0.5) is 0 Å². The zero-order valence-corrected chi connectivity index (χ0v) is 13.6. The SMILES string of the molecule is Cc1ccc(C(=O)NCC(=O)N2CCC(C(N)=O)CC2)cc1C. The molecule has 6 heteroatoms. The fourth-order valence-electron chi connectivity index (χ4n) is 2.67. The second-order valence-electron chi connectivity index (χ2n) is 6.04. The van der Waals surface area contributed by atoms with Gasteiger partial charge in [-0.15, -0.1) is 0 Å². The van der Waals surface area contributed by atoms with Gasteiger partial charge in [0.05, 0.1) is 6.54 Å². The number of carbonyl (C=O) groups is 3. The summed E-state index contributed by atoms with van der Waals surface area (Å²) in [5.74, 6) is -0.845. The van der Waals surface area contributed by atoms with Crippen molar-refractivity contribution in [2.24, 2.45) is 11.7 Å². The largest absolute Gasteiger partial charge is 0.369 e. The highest BCUT2D eigenvalue weighted by Crippen LogP contribution is 2.16. The number of likely N-dealkylation sites (tertiary alicyclic amines) is 1. The van der Waals surface area contributed by atoms with Gasteiger partial charge in [0.1, 0.15) is 0 Å². The second-order valence-corrected chi connectivity index (χ2v) is 6.04. The predicted molar refractivity (Wildman–Crippen MR) is 86.7 cm³/mol. The number of carbonyl (C=O) groups excluding carboxylic acids is 3. The van der Waals surface area contributed by atoms with Crippen molar-refractivity contribution in [3.05, 3.63) is 34.9 Å². The highest BCUT2D eigenvalue weighted by molar-refractivity contribution is 5.96. The van der Waals surface area contributed by atoms with Gasteiger partial charge in [-0.2, -0.15) is 0 Å². The molecular formula is C17H23N3O3. The number of hydrogen-bond donors (Lipinski definition) is 2. The molecule has 3 amide bonds. The molecule has 0 unspecified atom stereocenters. The Labute approximate surface area is 136 Å². The third-order valence-corrected chi connectivity index (χ3v) is 4.42. The van der Waals surface area contributed by atoms with Crippen LogP contribution in [0.2, 0.25) is 0 Å². The first kappa shape index (κ1) is 17.0. The zero-order chi connectivity index (χ0) is 17.0. The first-order valence-corrected chi connectivity index (χ1v) is 7.81. The fraction of sp³-hybridized carbons (Fsp3) is 0.471. The van der Waals surface area contributed by atoms with Crippen molar-refractivity contribution in [1.29, 1.82) is 0 Å². The Hall–Kier alpha value is -2.37. The van der Waals surface area contributed by atoms with E-state index >= 15 is 0 Å². The average Bonchev–Trinajstić information content (AvgIpc) is 2.54. The van der Waals surface area contributed by atoms with Gasteiger partial charge >= 0.3 is 0 Å². The molecule has 0 atom stereocenters. The van der Waals surface area contributed by atoms with Gasteiger partial charge in [0, 0.05) is 24.6 Å². The Morgan fingerprint density at radius 1 is 1.17 bits per heavy atom. The molecular weight excluding hydrogens is 294 g/mol. The molecule has 3 N–H and O–H groups in total. The van der Waals surface area contributed by atoms with E-state index in [1.165, 1.54) is 0 Å². The lowest BCUT2D eigenvalue weighted by Crippen LogP contribution is -2.45. The predicted octanol–water partition coefficient (Wildman–Crippen LogP) is 0.757. The summed E-state index contributed by atoms with van der Waals surface area (Å²) >= 11 is 0. The molecule has 1 aromatic carbocycles. The van der Waals surface area contributed by atoms with E-state index in [1.54, 1.807) is 11.0 Å². The summed E-state index contributed by atoms with van der Waals surface area (Å²) in [6.45, 7) is 4.90. The summed E-state index contributed by atoms with van der Waals surface area (Å²) in [5, 5.41) is 2.65. The van der Waals surface area contributed by atoms with Crippen LogP contribution >= 0.6 is 0 Å². The summed E-state index contributed by atoms with van der Waals surface area (Å²) in [6.07, 6.45) is 1.18.